The van der Waals surface area contributed by atoms with Gasteiger partial charge in [-0.1, -0.05) is 0 Å². The van der Waals surface area contributed by atoms with Crippen LogP contribution >= 0.6 is 0 Å². The van der Waals surface area contributed by atoms with Crippen molar-refractivity contribution in [3.63, 3.8) is 0 Å². The zero-order chi connectivity index (χ0) is 10.7. The van der Waals surface area contributed by atoms with Crippen LogP contribution in [-0.2, 0) is 11.2 Å². The zero-order valence-electron chi connectivity index (χ0n) is 8.62. The average molecular weight is 211 g/mol. The van der Waals surface area contributed by atoms with Gasteiger partial charge in [-0.05, 0) is 0 Å². The molecule has 4 N–H and O–H groups in total. The molecular formula is C10H17N3O2+2. The van der Waals surface area contributed by atoms with E-state index in [-0.39, 0.29) is 6.04 Å². The highest BCUT2D eigenvalue weighted by Gasteiger charge is 2.33. The molecule has 2 rings (SSSR count). The Morgan fingerprint density at radius 3 is 2.87 bits per heavy atom. The molecule has 1 fully saturated rings. The average Bonchev–Trinajstić information content (AvgIpc) is 2.87. The third-order valence-electron chi connectivity index (χ3n) is 3.06. The number of aliphatic carboxylic acids is 1. The van der Waals surface area contributed by atoms with Crippen molar-refractivity contribution in [2.75, 3.05) is 13.1 Å². The Bertz CT molecular complexity index is 317. The van der Waals surface area contributed by atoms with Gasteiger partial charge in [0.1, 0.15) is 11.9 Å². The van der Waals surface area contributed by atoms with Crippen molar-refractivity contribution in [3.8, 4) is 0 Å². The first kappa shape index (κ1) is 10.2. The van der Waals surface area contributed by atoms with Crippen LogP contribution in [0.4, 0.5) is 0 Å². The number of quaternary nitrogens is 1. The minimum Gasteiger partial charge on any atom is -0.477 e. The molecule has 2 heterocycles. The van der Waals surface area contributed by atoms with Crippen LogP contribution in [0.25, 0.3) is 0 Å². The van der Waals surface area contributed by atoms with Gasteiger partial charge in [-0.2, -0.15) is 0 Å². The molecule has 0 radical (unpaired) electrons. The molecular weight excluding hydrogens is 194 g/mol. The summed E-state index contributed by atoms with van der Waals surface area (Å²) in [6.07, 6.45) is 6.42. The molecule has 5 heteroatoms. The Morgan fingerprint density at radius 1 is 1.60 bits per heavy atom. The SMILES string of the molecule is O=C(O)[C@H](Cc1c[nH+]c[nH]1)[NH+]1CCCC1. The normalized spacial score (nSPS) is 19.2. The summed E-state index contributed by atoms with van der Waals surface area (Å²) in [4.78, 5) is 18.3. The number of likely N-dealkylation sites (tertiary alicyclic amines) is 1. The molecule has 1 saturated heterocycles. The molecule has 0 spiro atoms. The third-order valence-corrected chi connectivity index (χ3v) is 3.06. The summed E-state index contributed by atoms with van der Waals surface area (Å²) in [5, 5.41) is 9.19. The van der Waals surface area contributed by atoms with Gasteiger partial charge in [0.15, 0.2) is 6.04 Å². The summed E-state index contributed by atoms with van der Waals surface area (Å²) in [6.45, 7) is 1.97. The largest absolute Gasteiger partial charge is 0.477 e. The van der Waals surface area contributed by atoms with E-state index in [1.165, 1.54) is 4.90 Å². The van der Waals surface area contributed by atoms with E-state index in [1.807, 2.05) is 6.20 Å². The Morgan fingerprint density at radius 2 is 2.33 bits per heavy atom. The molecule has 82 valence electrons. The summed E-state index contributed by atoms with van der Waals surface area (Å²) in [5.74, 6) is -0.693. The van der Waals surface area contributed by atoms with E-state index in [2.05, 4.69) is 9.97 Å². The Labute approximate surface area is 88.1 Å². The van der Waals surface area contributed by atoms with Gasteiger partial charge in [-0.3, -0.25) is 4.98 Å². The molecule has 1 aliphatic rings. The van der Waals surface area contributed by atoms with Crippen molar-refractivity contribution in [2.24, 2.45) is 0 Å². The fourth-order valence-corrected chi connectivity index (χ4v) is 2.24. The van der Waals surface area contributed by atoms with E-state index in [1.54, 1.807) is 6.33 Å². The fraction of sp³-hybridized carbons (Fsp3) is 0.600. The second-order valence-corrected chi connectivity index (χ2v) is 4.09. The molecule has 0 amide bonds. The number of hydrogen-bond acceptors (Lipinski definition) is 1. The monoisotopic (exact) mass is 211 g/mol. The first-order chi connectivity index (χ1) is 7.27. The molecule has 0 bridgehead atoms. The molecule has 5 nitrogen and oxygen atoms in total. The van der Waals surface area contributed by atoms with Crippen molar-refractivity contribution in [2.45, 2.75) is 25.3 Å². The van der Waals surface area contributed by atoms with Crippen LogP contribution in [0.5, 0.6) is 0 Å². The lowest BCUT2D eigenvalue weighted by atomic mass is 10.1. The molecule has 15 heavy (non-hydrogen) atoms. The van der Waals surface area contributed by atoms with Crippen molar-refractivity contribution in [1.82, 2.24) is 4.98 Å². The van der Waals surface area contributed by atoms with Gasteiger partial charge >= 0.3 is 5.97 Å². The number of nitrogens with one attached hydrogen (secondary N) is 3. The lowest BCUT2D eigenvalue weighted by molar-refractivity contribution is -0.904. The maximum atomic E-state index is 11.2. The Kier molecular flexibility index (Phi) is 3.01. The van der Waals surface area contributed by atoms with Crippen LogP contribution in [0.1, 0.15) is 18.5 Å². The molecule has 0 aromatic carbocycles. The quantitative estimate of drug-likeness (QED) is 0.567. The highest BCUT2D eigenvalue weighted by atomic mass is 16.4. The predicted octanol–water partition coefficient (Wildman–Crippen LogP) is -1.50. The van der Waals surface area contributed by atoms with Crippen LogP contribution in [0.3, 0.4) is 0 Å². The molecule has 0 unspecified atom stereocenters. The van der Waals surface area contributed by atoms with E-state index in [4.69, 9.17) is 0 Å². The zero-order valence-corrected chi connectivity index (χ0v) is 8.62. The minimum absolute atomic E-state index is 0.306. The van der Waals surface area contributed by atoms with Crippen LogP contribution in [0, 0.1) is 0 Å². The predicted molar refractivity (Wildman–Crippen MR) is 52.4 cm³/mol. The molecule has 1 atom stereocenters. The van der Waals surface area contributed by atoms with E-state index >= 15 is 0 Å². The van der Waals surface area contributed by atoms with Crippen molar-refractivity contribution >= 4 is 5.97 Å². The van der Waals surface area contributed by atoms with Gasteiger partial charge < -0.3 is 10.0 Å². The number of aromatic amines is 2. The second kappa shape index (κ2) is 4.44. The maximum absolute atomic E-state index is 11.2. The highest BCUT2D eigenvalue weighted by molar-refractivity contribution is 5.72. The topological polar surface area (TPSA) is 71.7 Å². The number of carboxylic acids is 1. The van der Waals surface area contributed by atoms with E-state index < -0.39 is 5.97 Å². The molecule has 0 aliphatic carbocycles. The second-order valence-electron chi connectivity index (χ2n) is 4.09. The lowest BCUT2D eigenvalue weighted by Gasteiger charge is -2.19. The van der Waals surface area contributed by atoms with Gasteiger partial charge in [-0.25, -0.2) is 9.78 Å². The van der Waals surface area contributed by atoms with Gasteiger partial charge in [0.2, 0.25) is 6.33 Å². The van der Waals surface area contributed by atoms with Crippen molar-refractivity contribution in [1.29, 1.82) is 0 Å². The molecule has 1 aliphatic heterocycles. The van der Waals surface area contributed by atoms with Gasteiger partial charge in [-0.15, -0.1) is 0 Å². The summed E-state index contributed by atoms with van der Waals surface area (Å²) in [7, 11) is 0. The standard InChI is InChI=1S/C10H15N3O2/c14-10(15)9(13-3-1-2-4-13)5-8-6-11-7-12-8/h6-7,9H,1-5H2,(H,11,12)(H,14,15)/p+2/t9-/m0/s1. The van der Waals surface area contributed by atoms with Gasteiger partial charge in [0.05, 0.1) is 19.5 Å². The number of rotatable bonds is 4. The number of carboxylic acid groups (broad SMARTS) is 1. The van der Waals surface area contributed by atoms with E-state index in [0.717, 1.165) is 31.6 Å². The van der Waals surface area contributed by atoms with Crippen molar-refractivity contribution < 1.29 is 19.8 Å². The smallest absolute Gasteiger partial charge is 0.362 e. The molecule has 0 saturated carbocycles. The number of carbonyl (C=O) groups is 1. The van der Waals surface area contributed by atoms with Gasteiger partial charge in [0, 0.05) is 12.8 Å². The number of aromatic nitrogens is 2. The Hall–Kier alpha value is -1.36. The van der Waals surface area contributed by atoms with Crippen LogP contribution in [-0.4, -0.2) is 35.2 Å². The number of H-pyrrole nitrogens is 2. The summed E-state index contributed by atoms with van der Waals surface area (Å²) < 4.78 is 0. The molecule has 1 aromatic rings. The summed E-state index contributed by atoms with van der Waals surface area (Å²) in [6, 6.07) is -0.306. The fourth-order valence-electron chi connectivity index (χ4n) is 2.24. The van der Waals surface area contributed by atoms with E-state index in [0.29, 0.717) is 6.42 Å². The van der Waals surface area contributed by atoms with Crippen LogP contribution in [0.2, 0.25) is 0 Å². The Balaban J connectivity index is 2.03. The van der Waals surface area contributed by atoms with Crippen molar-refractivity contribution in [3.05, 3.63) is 18.2 Å². The highest BCUT2D eigenvalue weighted by Crippen LogP contribution is 1.98. The van der Waals surface area contributed by atoms with E-state index in [9.17, 15) is 9.90 Å². The van der Waals surface area contributed by atoms with Crippen LogP contribution in [0.15, 0.2) is 12.5 Å². The van der Waals surface area contributed by atoms with Crippen LogP contribution < -0.4 is 9.88 Å². The van der Waals surface area contributed by atoms with Gasteiger partial charge in [0.25, 0.3) is 0 Å². The lowest BCUT2D eigenvalue weighted by Crippen LogP contribution is -3.15. The number of hydrogen-bond donors (Lipinski definition) is 3. The summed E-state index contributed by atoms with van der Waals surface area (Å²) in [5.41, 5.74) is 0.960. The third kappa shape index (κ3) is 2.36. The molecule has 1 aromatic heterocycles. The number of imidazole rings is 1. The first-order valence-electron chi connectivity index (χ1n) is 5.38. The maximum Gasteiger partial charge on any atom is 0.362 e. The summed E-state index contributed by atoms with van der Waals surface area (Å²) >= 11 is 0. The minimum atomic E-state index is -0.693. The first-order valence-corrected chi connectivity index (χ1v) is 5.38.